The molecule has 0 saturated heterocycles. The van der Waals surface area contributed by atoms with Crippen LogP contribution in [0.3, 0.4) is 0 Å². The third kappa shape index (κ3) is 1.93. The van der Waals surface area contributed by atoms with Crippen molar-refractivity contribution in [3.05, 3.63) is 23.8 Å². The summed E-state index contributed by atoms with van der Waals surface area (Å²) >= 11 is 1.36. The Balaban J connectivity index is 1.87. The predicted octanol–water partition coefficient (Wildman–Crippen LogP) is 1.13. The van der Waals surface area contributed by atoms with Crippen LogP contribution < -0.4 is 11.1 Å². The number of hydrogen-bond donors (Lipinski definition) is 3. The molecule has 6 heteroatoms. The van der Waals surface area contributed by atoms with Gasteiger partial charge in [0.1, 0.15) is 0 Å². The van der Waals surface area contributed by atoms with Gasteiger partial charge in [-0.15, -0.1) is 0 Å². The molecule has 1 heterocycles. The van der Waals surface area contributed by atoms with Crippen LogP contribution >= 0.6 is 11.3 Å². The third-order valence-electron chi connectivity index (χ3n) is 3.20. The number of amides is 1. The summed E-state index contributed by atoms with van der Waals surface area (Å²) in [6, 6.07) is 5.30. The molecule has 1 aromatic heterocycles. The highest BCUT2D eigenvalue weighted by atomic mass is 32.1. The van der Waals surface area contributed by atoms with Gasteiger partial charge >= 0.3 is 0 Å². The number of fused-ring (bicyclic) bond motifs is 1. The van der Waals surface area contributed by atoms with Crippen LogP contribution in [0.2, 0.25) is 0 Å². The van der Waals surface area contributed by atoms with Crippen LogP contribution in [0.1, 0.15) is 23.2 Å². The largest absolute Gasteiger partial charge is 0.394 e. The van der Waals surface area contributed by atoms with Crippen molar-refractivity contribution in [2.45, 2.75) is 18.4 Å². The Morgan fingerprint density at radius 1 is 1.56 bits per heavy atom. The summed E-state index contributed by atoms with van der Waals surface area (Å²) in [6.07, 6.45) is 1.68. The smallest absolute Gasteiger partial charge is 0.251 e. The van der Waals surface area contributed by atoms with Gasteiger partial charge in [-0.3, -0.25) is 4.79 Å². The number of aromatic nitrogens is 1. The Kier molecular flexibility index (Phi) is 2.49. The molecule has 4 N–H and O–H groups in total. The molecule has 0 radical (unpaired) electrons. The van der Waals surface area contributed by atoms with E-state index in [9.17, 15) is 9.90 Å². The Bertz CT molecular complexity index is 619. The van der Waals surface area contributed by atoms with E-state index < -0.39 is 5.54 Å². The molecule has 0 bridgehead atoms. The van der Waals surface area contributed by atoms with Crippen molar-refractivity contribution in [2.24, 2.45) is 0 Å². The lowest BCUT2D eigenvalue weighted by Gasteiger charge is -2.14. The summed E-state index contributed by atoms with van der Waals surface area (Å²) in [5.41, 5.74) is 6.61. The monoisotopic (exact) mass is 263 g/mol. The lowest BCUT2D eigenvalue weighted by molar-refractivity contribution is 0.0907. The summed E-state index contributed by atoms with van der Waals surface area (Å²) in [6.45, 7) is -0.00547. The van der Waals surface area contributed by atoms with E-state index in [4.69, 9.17) is 5.73 Å². The predicted molar refractivity (Wildman–Crippen MR) is 70.5 cm³/mol. The number of nitrogens with two attached hydrogens (primary N) is 1. The second kappa shape index (κ2) is 3.93. The summed E-state index contributed by atoms with van der Waals surface area (Å²) in [5, 5.41) is 12.6. The number of nitrogens with one attached hydrogen (secondary N) is 1. The van der Waals surface area contributed by atoms with E-state index >= 15 is 0 Å². The van der Waals surface area contributed by atoms with E-state index in [1.807, 2.05) is 0 Å². The number of anilines is 1. The minimum atomic E-state index is -0.390. The van der Waals surface area contributed by atoms with Gasteiger partial charge in [0, 0.05) is 5.56 Å². The molecule has 3 rings (SSSR count). The number of benzene rings is 1. The van der Waals surface area contributed by atoms with Crippen molar-refractivity contribution in [2.75, 3.05) is 12.3 Å². The minimum Gasteiger partial charge on any atom is -0.394 e. The molecule has 1 saturated carbocycles. The van der Waals surface area contributed by atoms with Gasteiger partial charge in [0.05, 0.1) is 22.4 Å². The van der Waals surface area contributed by atoms with Gasteiger partial charge in [-0.2, -0.15) is 0 Å². The number of carbonyl (C=O) groups is 1. The van der Waals surface area contributed by atoms with Crippen LogP contribution in [-0.2, 0) is 0 Å². The van der Waals surface area contributed by atoms with Crippen molar-refractivity contribution >= 4 is 32.6 Å². The van der Waals surface area contributed by atoms with Crippen LogP contribution in [0.5, 0.6) is 0 Å². The van der Waals surface area contributed by atoms with Crippen LogP contribution in [0.25, 0.3) is 10.2 Å². The SMILES string of the molecule is Nc1nc2ccc(C(=O)NC3(CO)CC3)cc2s1. The van der Waals surface area contributed by atoms with E-state index in [0.29, 0.717) is 10.7 Å². The first-order valence-electron chi connectivity index (χ1n) is 5.71. The molecule has 0 spiro atoms. The van der Waals surface area contributed by atoms with Crippen LogP contribution in [-0.4, -0.2) is 28.1 Å². The van der Waals surface area contributed by atoms with Gasteiger partial charge in [0.25, 0.3) is 5.91 Å². The molecule has 5 nitrogen and oxygen atoms in total. The fourth-order valence-electron chi connectivity index (χ4n) is 1.87. The Morgan fingerprint density at radius 3 is 3.00 bits per heavy atom. The molecule has 1 aliphatic carbocycles. The van der Waals surface area contributed by atoms with Crippen LogP contribution in [0.15, 0.2) is 18.2 Å². The molecule has 0 aliphatic heterocycles. The Morgan fingerprint density at radius 2 is 2.33 bits per heavy atom. The maximum Gasteiger partial charge on any atom is 0.251 e. The maximum absolute atomic E-state index is 12.0. The first-order valence-corrected chi connectivity index (χ1v) is 6.53. The molecule has 1 aliphatic rings. The first kappa shape index (κ1) is 11.4. The van der Waals surface area contributed by atoms with Crippen LogP contribution in [0, 0.1) is 0 Å². The molecule has 0 atom stereocenters. The summed E-state index contributed by atoms with van der Waals surface area (Å²) in [5.74, 6) is -0.157. The molecule has 1 fully saturated rings. The maximum atomic E-state index is 12.0. The number of hydrogen-bond acceptors (Lipinski definition) is 5. The highest BCUT2D eigenvalue weighted by molar-refractivity contribution is 7.22. The number of aliphatic hydroxyl groups is 1. The fraction of sp³-hybridized carbons (Fsp3) is 0.333. The molecule has 18 heavy (non-hydrogen) atoms. The summed E-state index contributed by atoms with van der Waals surface area (Å²) in [4.78, 5) is 16.2. The van der Waals surface area contributed by atoms with Gasteiger partial charge < -0.3 is 16.2 Å². The zero-order valence-electron chi connectivity index (χ0n) is 9.64. The molecule has 1 aromatic carbocycles. The molecular weight excluding hydrogens is 250 g/mol. The van der Waals surface area contributed by atoms with E-state index in [0.717, 1.165) is 23.1 Å². The molecule has 94 valence electrons. The quantitative estimate of drug-likeness (QED) is 0.774. The van der Waals surface area contributed by atoms with Crippen molar-refractivity contribution in [1.82, 2.24) is 10.3 Å². The second-order valence-corrected chi connectivity index (χ2v) is 5.69. The highest BCUT2D eigenvalue weighted by Gasteiger charge is 2.43. The average Bonchev–Trinajstić information content (AvgIpc) is 3.01. The number of thiazole rings is 1. The standard InChI is InChI=1S/C12H13N3O2S/c13-11-14-8-2-1-7(5-9(8)18-11)10(17)15-12(6-16)3-4-12/h1-2,5,16H,3-4,6H2,(H2,13,14)(H,15,17). The highest BCUT2D eigenvalue weighted by Crippen LogP contribution is 2.35. The van der Waals surface area contributed by atoms with E-state index in [1.54, 1.807) is 18.2 Å². The third-order valence-corrected chi connectivity index (χ3v) is 4.05. The van der Waals surface area contributed by atoms with Crippen molar-refractivity contribution in [1.29, 1.82) is 0 Å². The zero-order valence-corrected chi connectivity index (χ0v) is 10.5. The van der Waals surface area contributed by atoms with E-state index in [-0.39, 0.29) is 12.5 Å². The topological polar surface area (TPSA) is 88.2 Å². The number of aliphatic hydroxyl groups excluding tert-OH is 1. The Labute approximate surface area is 108 Å². The van der Waals surface area contributed by atoms with Gasteiger partial charge in [0.15, 0.2) is 5.13 Å². The van der Waals surface area contributed by atoms with E-state index in [1.165, 1.54) is 11.3 Å². The van der Waals surface area contributed by atoms with Crippen LogP contribution in [0.4, 0.5) is 5.13 Å². The number of nitrogens with zero attached hydrogens (tertiary/aromatic N) is 1. The van der Waals surface area contributed by atoms with Gasteiger partial charge in [-0.25, -0.2) is 4.98 Å². The lowest BCUT2D eigenvalue weighted by atomic mass is 10.2. The molecular formula is C12H13N3O2S. The average molecular weight is 263 g/mol. The van der Waals surface area contributed by atoms with Gasteiger partial charge in [-0.05, 0) is 31.0 Å². The molecule has 1 amide bonds. The molecule has 0 unspecified atom stereocenters. The number of carbonyl (C=O) groups excluding carboxylic acids is 1. The first-order chi connectivity index (χ1) is 8.62. The van der Waals surface area contributed by atoms with Crippen molar-refractivity contribution < 1.29 is 9.90 Å². The number of nitrogen functional groups attached to an aromatic ring is 1. The lowest BCUT2D eigenvalue weighted by Crippen LogP contribution is -2.39. The Hall–Kier alpha value is -1.66. The fourth-order valence-corrected chi connectivity index (χ4v) is 2.64. The van der Waals surface area contributed by atoms with Gasteiger partial charge in [-0.1, -0.05) is 11.3 Å². The van der Waals surface area contributed by atoms with Crippen molar-refractivity contribution in [3.8, 4) is 0 Å². The summed E-state index contributed by atoms with van der Waals surface area (Å²) < 4.78 is 0.897. The van der Waals surface area contributed by atoms with Crippen molar-refractivity contribution in [3.63, 3.8) is 0 Å². The normalized spacial score (nSPS) is 16.7. The second-order valence-electron chi connectivity index (χ2n) is 4.63. The summed E-state index contributed by atoms with van der Waals surface area (Å²) in [7, 11) is 0. The molecule has 2 aromatic rings. The minimum absolute atomic E-state index is 0.00547. The number of rotatable bonds is 3. The van der Waals surface area contributed by atoms with E-state index in [2.05, 4.69) is 10.3 Å². The van der Waals surface area contributed by atoms with Gasteiger partial charge in [0.2, 0.25) is 0 Å². The zero-order chi connectivity index (χ0) is 12.8.